The number of nitrogens with zero attached hydrogens (tertiary/aromatic N) is 2. The summed E-state index contributed by atoms with van der Waals surface area (Å²) < 4.78 is 0. The van der Waals surface area contributed by atoms with Gasteiger partial charge in [0.1, 0.15) is 0 Å². The normalized spacial score (nSPS) is 18.1. The van der Waals surface area contributed by atoms with Crippen LogP contribution in [0.25, 0.3) is 11.1 Å². The molecule has 0 fully saturated rings. The van der Waals surface area contributed by atoms with Crippen LogP contribution in [-0.4, -0.2) is 10.9 Å². The Morgan fingerprint density at radius 2 is 2.00 bits per heavy atom. The van der Waals surface area contributed by atoms with Gasteiger partial charge in [-0.15, -0.1) is 0 Å². The number of anilines is 1. The highest BCUT2D eigenvalue weighted by molar-refractivity contribution is 6.06. The lowest BCUT2D eigenvalue weighted by atomic mass is 9.77. The lowest BCUT2D eigenvalue weighted by molar-refractivity contribution is -0.120. The van der Waals surface area contributed by atoms with E-state index in [1.54, 1.807) is 12.3 Å². The lowest BCUT2D eigenvalue weighted by Gasteiger charge is -2.23. The first-order chi connectivity index (χ1) is 12.6. The Morgan fingerprint density at radius 1 is 1.12 bits per heavy atom. The van der Waals surface area contributed by atoms with E-state index in [2.05, 4.69) is 22.4 Å². The fourth-order valence-electron chi connectivity index (χ4n) is 3.54. The zero-order valence-corrected chi connectivity index (χ0v) is 14.4. The van der Waals surface area contributed by atoms with Crippen LogP contribution in [0.1, 0.15) is 23.6 Å². The van der Waals surface area contributed by atoms with Gasteiger partial charge in [0.15, 0.2) is 0 Å². The van der Waals surface area contributed by atoms with Gasteiger partial charge in [-0.3, -0.25) is 9.78 Å². The number of pyridine rings is 1. The number of carbonyl (C=O) groups is 1. The molecular weight excluding hydrogens is 322 g/mol. The molecule has 26 heavy (non-hydrogen) atoms. The largest absolute Gasteiger partial charge is 0.325 e. The SMILES string of the molecule is CC1(Cc2cccc(C#N)c2)C(=O)Nc2ccc(-c3cccnc3)cc21. The summed E-state index contributed by atoms with van der Waals surface area (Å²) in [5.41, 5.74) is 4.78. The summed E-state index contributed by atoms with van der Waals surface area (Å²) in [5.74, 6) is -0.0156. The molecule has 1 unspecified atom stereocenters. The Labute approximate surface area is 152 Å². The van der Waals surface area contributed by atoms with Crippen molar-refractivity contribution in [3.8, 4) is 17.2 Å². The van der Waals surface area contributed by atoms with Crippen LogP contribution in [-0.2, 0) is 16.6 Å². The predicted molar refractivity (Wildman–Crippen MR) is 101 cm³/mol. The predicted octanol–water partition coefficient (Wildman–Crippen LogP) is 4.07. The van der Waals surface area contributed by atoms with Crippen LogP contribution in [0.5, 0.6) is 0 Å². The molecule has 0 aliphatic carbocycles. The Balaban J connectivity index is 1.77. The molecule has 126 valence electrons. The maximum absolute atomic E-state index is 12.8. The van der Waals surface area contributed by atoms with Crippen LogP contribution in [0, 0.1) is 11.3 Å². The number of amides is 1. The first-order valence-corrected chi connectivity index (χ1v) is 8.45. The molecule has 4 rings (SSSR count). The zero-order chi connectivity index (χ0) is 18.1. The Kier molecular flexibility index (Phi) is 3.78. The number of carbonyl (C=O) groups excluding carboxylic acids is 1. The molecule has 0 bridgehead atoms. The van der Waals surface area contributed by atoms with E-state index in [9.17, 15) is 4.79 Å². The van der Waals surface area contributed by atoms with E-state index in [0.29, 0.717) is 12.0 Å². The van der Waals surface area contributed by atoms with Crippen LogP contribution in [0.4, 0.5) is 5.69 Å². The van der Waals surface area contributed by atoms with E-state index in [1.807, 2.05) is 55.6 Å². The van der Waals surface area contributed by atoms with Crippen molar-refractivity contribution in [2.45, 2.75) is 18.8 Å². The first-order valence-electron chi connectivity index (χ1n) is 8.45. The fraction of sp³-hybridized carbons (Fsp3) is 0.136. The third-order valence-electron chi connectivity index (χ3n) is 4.97. The van der Waals surface area contributed by atoms with Crippen molar-refractivity contribution >= 4 is 11.6 Å². The number of hydrogen-bond donors (Lipinski definition) is 1. The number of nitrogens with one attached hydrogen (secondary N) is 1. The summed E-state index contributed by atoms with van der Waals surface area (Å²) in [6, 6.07) is 19.5. The van der Waals surface area contributed by atoms with Crippen LogP contribution in [0.2, 0.25) is 0 Å². The number of fused-ring (bicyclic) bond motifs is 1. The molecule has 1 aliphatic rings. The van der Waals surface area contributed by atoms with Crippen LogP contribution in [0.15, 0.2) is 67.0 Å². The third-order valence-corrected chi connectivity index (χ3v) is 4.97. The first kappa shape index (κ1) is 16.0. The highest BCUT2D eigenvalue weighted by atomic mass is 16.2. The van der Waals surface area contributed by atoms with Crippen molar-refractivity contribution in [2.24, 2.45) is 0 Å². The number of aromatic nitrogens is 1. The van der Waals surface area contributed by atoms with Crippen molar-refractivity contribution in [3.63, 3.8) is 0 Å². The molecule has 3 aromatic rings. The quantitative estimate of drug-likeness (QED) is 0.782. The minimum atomic E-state index is -0.679. The van der Waals surface area contributed by atoms with E-state index in [-0.39, 0.29) is 5.91 Å². The van der Waals surface area contributed by atoms with Gasteiger partial charge in [0.05, 0.1) is 17.0 Å². The second-order valence-corrected chi connectivity index (χ2v) is 6.78. The molecule has 1 atom stereocenters. The van der Waals surface area contributed by atoms with Gasteiger partial charge < -0.3 is 5.32 Å². The second-order valence-electron chi connectivity index (χ2n) is 6.78. The van der Waals surface area contributed by atoms with Crippen molar-refractivity contribution in [1.82, 2.24) is 4.98 Å². The van der Waals surface area contributed by atoms with Gasteiger partial charge in [-0.25, -0.2) is 0 Å². The van der Waals surface area contributed by atoms with E-state index >= 15 is 0 Å². The molecule has 1 N–H and O–H groups in total. The topological polar surface area (TPSA) is 65.8 Å². The molecule has 4 heteroatoms. The molecule has 1 amide bonds. The summed E-state index contributed by atoms with van der Waals surface area (Å²) in [7, 11) is 0. The smallest absolute Gasteiger partial charge is 0.235 e. The number of benzene rings is 2. The van der Waals surface area contributed by atoms with Gasteiger partial charge in [0.25, 0.3) is 0 Å². The second kappa shape index (κ2) is 6.12. The fourth-order valence-corrected chi connectivity index (χ4v) is 3.54. The Hall–Kier alpha value is -3.45. The lowest BCUT2D eigenvalue weighted by Crippen LogP contribution is -2.33. The third kappa shape index (κ3) is 2.64. The summed E-state index contributed by atoms with van der Waals surface area (Å²) in [4.78, 5) is 17.0. The highest BCUT2D eigenvalue weighted by Gasteiger charge is 2.42. The maximum Gasteiger partial charge on any atom is 0.235 e. The maximum atomic E-state index is 12.8. The summed E-state index contributed by atoms with van der Waals surface area (Å²) in [6.45, 7) is 1.96. The van der Waals surface area contributed by atoms with Crippen molar-refractivity contribution in [2.75, 3.05) is 5.32 Å². The minimum absolute atomic E-state index is 0.0156. The average Bonchev–Trinajstić information content (AvgIpc) is 2.92. The van der Waals surface area contributed by atoms with E-state index in [4.69, 9.17) is 5.26 Å². The van der Waals surface area contributed by atoms with Gasteiger partial charge >= 0.3 is 0 Å². The highest BCUT2D eigenvalue weighted by Crippen LogP contribution is 2.42. The standard InChI is InChI=1S/C22H17N3O/c1-22(12-15-4-2-5-16(10-15)13-23)19-11-17(18-6-3-9-24-14-18)7-8-20(19)25-21(22)26/h2-11,14H,12H2,1H3,(H,25,26). The average molecular weight is 339 g/mol. The minimum Gasteiger partial charge on any atom is -0.325 e. The van der Waals surface area contributed by atoms with E-state index in [1.165, 1.54) is 0 Å². The molecule has 4 nitrogen and oxygen atoms in total. The Bertz CT molecular complexity index is 1040. The molecule has 1 aromatic heterocycles. The Morgan fingerprint density at radius 3 is 2.77 bits per heavy atom. The molecule has 2 aromatic carbocycles. The summed E-state index contributed by atoms with van der Waals surface area (Å²) in [6.07, 6.45) is 4.10. The van der Waals surface area contributed by atoms with Crippen LogP contribution < -0.4 is 5.32 Å². The van der Waals surface area contributed by atoms with Crippen molar-refractivity contribution in [3.05, 3.63) is 83.7 Å². The van der Waals surface area contributed by atoms with Gasteiger partial charge in [-0.1, -0.05) is 24.3 Å². The van der Waals surface area contributed by atoms with E-state index < -0.39 is 5.41 Å². The van der Waals surface area contributed by atoms with E-state index in [0.717, 1.165) is 27.9 Å². The summed E-state index contributed by atoms with van der Waals surface area (Å²) in [5, 5.41) is 12.1. The van der Waals surface area contributed by atoms with Gasteiger partial charge in [0.2, 0.25) is 5.91 Å². The number of hydrogen-bond acceptors (Lipinski definition) is 3. The molecular formula is C22H17N3O. The number of nitriles is 1. The molecule has 0 saturated heterocycles. The zero-order valence-electron chi connectivity index (χ0n) is 14.4. The molecule has 1 aliphatic heterocycles. The molecule has 0 spiro atoms. The van der Waals surface area contributed by atoms with Crippen LogP contribution >= 0.6 is 0 Å². The van der Waals surface area contributed by atoms with Gasteiger partial charge in [-0.05, 0) is 65.9 Å². The van der Waals surface area contributed by atoms with Crippen molar-refractivity contribution in [1.29, 1.82) is 5.26 Å². The summed E-state index contributed by atoms with van der Waals surface area (Å²) >= 11 is 0. The molecule has 0 radical (unpaired) electrons. The van der Waals surface area contributed by atoms with Crippen LogP contribution in [0.3, 0.4) is 0 Å². The molecule has 2 heterocycles. The number of rotatable bonds is 3. The van der Waals surface area contributed by atoms with Gasteiger partial charge in [-0.2, -0.15) is 5.26 Å². The van der Waals surface area contributed by atoms with Crippen molar-refractivity contribution < 1.29 is 4.79 Å². The monoisotopic (exact) mass is 339 g/mol. The van der Waals surface area contributed by atoms with Gasteiger partial charge in [0, 0.05) is 18.1 Å². The molecule has 0 saturated carbocycles.